The second-order valence-corrected chi connectivity index (χ2v) is 6.20. The molecule has 6 nitrogen and oxygen atoms in total. The number of hydrogen-bond acceptors (Lipinski definition) is 5. The maximum Gasteiger partial charge on any atom is 0.276 e. The number of fused-ring (bicyclic) bond motifs is 1. The van der Waals surface area contributed by atoms with Gasteiger partial charge in [-0.15, -0.1) is 11.3 Å². The molecule has 0 spiro atoms. The summed E-state index contributed by atoms with van der Waals surface area (Å²) in [7, 11) is 0. The summed E-state index contributed by atoms with van der Waals surface area (Å²) in [6.45, 7) is 3.21. The lowest BCUT2D eigenvalue weighted by Gasteiger charge is -2.14. The molecule has 0 bridgehead atoms. The van der Waals surface area contributed by atoms with E-state index in [0.717, 1.165) is 18.7 Å². The first-order chi connectivity index (χ1) is 10.2. The summed E-state index contributed by atoms with van der Waals surface area (Å²) in [4.78, 5) is 19.9. The zero-order valence-electron chi connectivity index (χ0n) is 11.5. The summed E-state index contributed by atoms with van der Waals surface area (Å²) >= 11 is 1.69. The van der Waals surface area contributed by atoms with Crippen LogP contribution in [0.3, 0.4) is 0 Å². The first kappa shape index (κ1) is 12.6. The van der Waals surface area contributed by atoms with Crippen LogP contribution in [0.25, 0.3) is 4.83 Å². The van der Waals surface area contributed by atoms with Crippen molar-refractivity contribution >= 4 is 22.1 Å². The number of nitrogens with zero attached hydrogens (tertiary/aromatic N) is 4. The van der Waals surface area contributed by atoms with E-state index in [1.54, 1.807) is 24.3 Å². The molecule has 7 heteroatoms. The Kier molecular flexibility index (Phi) is 2.81. The van der Waals surface area contributed by atoms with Gasteiger partial charge in [-0.05, 0) is 13.3 Å². The van der Waals surface area contributed by atoms with E-state index in [2.05, 4.69) is 15.5 Å². The van der Waals surface area contributed by atoms with Gasteiger partial charge in [-0.2, -0.15) is 0 Å². The first-order valence-corrected chi connectivity index (χ1v) is 7.73. The highest BCUT2D eigenvalue weighted by Gasteiger charge is 2.31. The van der Waals surface area contributed by atoms with Gasteiger partial charge in [-0.3, -0.25) is 9.20 Å². The lowest BCUT2D eigenvalue weighted by molar-refractivity contribution is 0.0780. The lowest BCUT2D eigenvalue weighted by atomic mass is 10.1. The molecule has 1 saturated heterocycles. The number of imidazole rings is 1. The van der Waals surface area contributed by atoms with Crippen molar-refractivity contribution in [3.63, 3.8) is 0 Å². The molecule has 1 aliphatic heterocycles. The van der Waals surface area contributed by atoms with Crippen LogP contribution in [0.2, 0.25) is 0 Å². The summed E-state index contributed by atoms with van der Waals surface area (Å²) in [5, 5.41) is 5.86. The number of thiazole rings is 1. The summed E-state index contributed by atoms with van der Waals surface area (Å²) < 4.78 is 7.01. The van der Waals surface area contributed by atoms with Crippen LogP contribution in [-0.4, -0.2) is 38.4 Å². The van der Waals surface area contributed by atoms with Gasteiger partial charge >= 0.3 is 0 Å². The van der Waals surface area contributed by atoms with E-state index in [1.165, 1.54) is 4.83 Å². The average Bonchev–Trinajstić information content (AvgIpc) is 3.21. The molecular formula is C14H14N4O2S. The number of rotatable bonds is 2. The molecule has 0 radical (unpaired) electrons. The number of carbonyl (C=O) groups is 1. The zero-order valence-corrected chi connectivity index (χ0v) is 12.3. The quantitative estimate of drug-likeness (QED) is 0.729. The van der Waals surface area contributed by atoms with Crippen LogP contribution in [0.15, 0.2) is 28.5 Å². The first-order valence-electron chi connectivity index (χ1n) is 6.85. The Labute approximate surface area is 125 Å². The van der Waals surface area contributed by atoms with Gasteiger partial charge in [0.1, 0.15) is 16.9 Å². The fraction of sp³-hybridized carbons (Fsp3) is 0.357. The normalized spacial score (nSPS) is 18.7. The van der Waals surface area contributed by atoms with Crippen LogP contribution in [0, 0.1) is 6.92 Å². The number of likely N-dealkylation sites (tertiary alicyclic amines) is 1. The van der Waals surface area contributed by atoms with Crippen LogP contribution >= 0.6 is 11.3 Å². The summed E-state index contributed by atoms with van der Waals surface area (Å²) in [6, 6.07) is 1.68. The molecule has 0 N–H and O–H groups in total. The van der Waals surface area contributed by atoms with E-state index >= 15 is 0 Å². The Hall–Kier alpha value is -2.15. The number of amides is 1. The standard InChI is InChI=1S/C14H14N4O2S/c1-9-6-11(16-20-9)13(19)17-3-2-10(7-17)12-14-18(8-15-12)4-5-21-14/h4-6,8,10H,2-3,7H2,1H3/t10-/m1/s1. The van der Waals surface area contributed by atoms with Gasteiger partial charge in [-0.1, -0.05) is 5.16 Å². The maximum atomic E-state index is 12.4. The summed E-state index contributed by atoms with van der Waals surface area (Å²) in [5.41, 5.74) is 1.48. The van der Waals surface area contributed by atoms with Crippen LogP contribution in [0.5, 0.6) is 0 Å². The third-order valence-corrected chi connectivity index (χ3v) is 4.79. The third kappa shape index (κ3) is 2.04. The maximum absolute atomic E-state index is 12.4. The van der Waals surface area contributed by atoms with Gasteiger partial charge < -0.3 is 9.42 Å². The van der Waals surface area contributed by atoms with Gasteiger partial charge in [0.15, 0.2) is 5.69 Å². The Morgan fingerprint density at radius 1 is 1.52 bits per heavy atom. The zero-order chi connectivity index (χ0) is 14.4. The highest BCUT2D eigenvalue weighted by molar-refractivity contribution is 7.15. The fourth-order valence-electron chi connectivity index (χ4n) is 2.83. The molecule has 108 valence electrons. The largest absolute Gasteiger partial charge is 0.361 e. The molecule has 1 aliphatic rings. The van der Waals surface area contributed by atoms with Crippen molar-refractivity contribution < 1.29 is 9.32 Å². The molecule has 0 unspecified atom stereocenters. The van der Waals surface area contributed by atoms with Crippen molar-refractivity contribution in [2.75, 3.05) is 13.1 Å². The van der Waals surface area contributed by atoms with Crippen LogP contribution in [0.1, 0.15) is 34.3 Å². The molecule has 21 heavy (non-hydrogen) atoms. The predicted molar refractivity (Wildman–Crippen MR) is 77.6 cm³/mol. The Balaban J connectivity index is 1.55. The van der Waals surface area contributed by atoms with Gasteiger partial charge in [0.2, 0.25) is 0 Å². The number of hydrogen-bond donors (Lipinski definition) is 0. The van der Waals surface area contributed by atoms with E-state index in [-0.39, 0.29) is 5.91 Å². The van der Waals surface area contributed by atoms with Crippen molar-refractivity contribution in [2.45, 2.75) is 19.3 Å². The number of aromatic nitrogens is 3. The molecule has 1 atom stereocenters. The average molecular weight is 302 g/mol. The minimum Gasteiger partial charge on any atom is -0.361 e. The molecule has 0 saturated carbocycles. The van der Waals surface area contributed by atoms with Gasteiger partial charge in [0.25, 0.3) is 5.91 Å². The van der Waals surface area contributed by atoms with Gasteiger partial charge in [0, 0.05) is 36.7 Å². The van der Waals surface area contributed by atoms with Crippen molar-refractivity contribution in [3.05, 3.63) is 41.1 Å². The molecule has 3 aromatic heterocycles. The van der Waals surface area contributed by atoms with Crippen molar-refractivity contribution in [3.8, 4) is 0 Å². The highest BCUT2D eigenvalue weighted by atomic mass is 32.1. The second kappa shape index (κ2) is 4.70. The molecule has 1 amide bonds. The SMILES string of the molecule is Cc1cc(C(=O)N2CC[C@@H](c3ncn4ccsc34)C2)no1. The van der Waals surface area contributed by atoms with Crippen LogP contribution < -0.4 is 0 Å². The minimum absolute atomic E-state index is 0.0593. The smallest absolute Gasteiger partial charge is 0.276 e. The molecule has 4 heterocycles. The molecule has 3 aromatic rings. The van der Waals surface area contributed by atoms with Crippen molar-refractivity contribution in [1.82, 2.24) is 19.4 Å². The fourth-order valence-corrected chi connectivity index (χ4v) is 3.72. The van der Waals surface area contributed by atoms with E-state index < -0.39 is 0 Å². The van der Waals surface area contributed by atoms with Gasteiger partial charge in [0.05, 0.1) is 5.69 Å². The molecule has 0 aliphatic carbocycles. The minimum atomic E-state index is -0.0593. The van der Waals surface area contributed by atoms with E-state index in [1.807, 2.05) is 21.8 Å². The Bertz CT molecular complexity index is 803. The third-order valence-electron chi connectivity index (χ3n) is 3.89. The van der Waals surface area contributed by atoms with E-state index in [0.29, 0.717) is 23.9 Å². The summed E-state index contributed by atoms with van der Waals surface area (Å²) in [6.07, 6.45) is 4.78. The number of carbonyl (C=O) groups excluding carboxylic acids is 1. The highest BCUT2D eigenvalue weighted by Crippen LogP contribution is 2.31. The second-order valence-electron chi connectivity index (χ2n) is 5.30. The van der Waals surface area contributed by atoms with Crippen LogP contribution in [-0.2, 0) is 0 Å². The lowest BCUT2D eigenvalue weighted by Crippen LogP contribution is -2.28. The number of aryl methyl sites for hydroxylation is 1. The summed E-state index contributed by atoms with van der Waals surface area (Å²) in [5.74, 6) is 0.894. The van der Waals surface area contributed by atoms with Crippen molar-refractivity contribution in [1.29, 1.82) is 0 Å². The van der Waals surface area contributed by atoms with E-state index in [9.17, 15) is 4.79 Å². The van der Waals surface area contributed by atoms with Crippen molar-refractivity contribution in [2.24, 2.45) is 0 Å². The van der Waals surface area contributed by atoms with Crippen LogP contribution in [0.4, 0.5) is 0 Å². The molecule has 1 fully saturated rings. The molecule has 0 aromatic carbocycles. The molecular weight excluding hydrogens is 288 g/mol. The Morgan fingerprint density at radius 3 is 3.24 bits per heavy atom. The monoisotopic (exact) mass is 302 g/mol. The van der Waals surface area contributed by atoms with E-state index in [4.69, 9.17) is 4.52 Å². The molecule has 4 rings (SSSR count). The van der Waals surface area contributed by atoms with Gasteiger partial charge in [-0.25, -0.2) is 4.98 Å². The topological polar surface area (TPSA) is 63.6 Å². The Morgan fingerprint density at radius 2 is 2.43 bits per heavy atom. The predicted octanol–water partition coefficient (Wildman–Crippen LogP) is 2.32.